The van der Waals surface area contributed by atoms with Crippen molar-refractivity contribution in [3.8, 4) is 5.75 Å². The summed E-state index contributed by atoms with van der Waals surface area (Å²) in [5.41, 5.74) is 0.808. The molecule has 0 saturated carbocycles. The van der Waals surface area contributed by atoms with Crippen LogP contribution in [0.25, 0.3) is 0 Å². The Kier molecular flexibility index (Phi) is 4.34. The first-order valence-electron chi connectivity index (χ1n) is 6.08. The molecular weight excluding hydrogens is 218 g/mol. The molecule has 0 radical (unpaired) electrons. The molecular formula is C13H19NO3. The minimum Gasteiger partial charge on any atom is -0.495 e. The molecule has 0 spiro atoms. The summed E-state index contributed by atoms with van der Waals surface area (Å²) >= 11 is 0. The molecule has 1 aliphatic heterocycles. The quantitative estimate of drug-likeness (QED) is 0.852. The van der Waals surface area contributed by atoms with Gasteiger partial charge in [0, 0.05) is 18.4 Å². The van der Waals surface area contributed by atoms with E-state index in [2.05, 4.69) is 4.98 Å². The topological polar surface area (TPSA) is 51.6 Å². The average Bonchev–Trinajstić information content (AvgIpc) is 2.89. The average molecular weight is 237 g/mol. The summed E-state index contributed by atoms with van der Waals surface area (Å²) in [6, 6.07) is 1.83. The normalized spacial score (nSPS) is 21.4. The van der Waals surface area contributed by atoms with E-state index in [0.29, 0.717) is 18.3 Å². The number of aliphatic hydroxyl groups is 1. The zero-order chi connectivity index (χ0) is 12.1. The molecule has 0 amide bonds. The van der Waals surface area contributed by atoms with E-state index in [9.17, 15) is 5.11 Å². The molecule has 1 aromatic heterocycles. The maximum absolute atomic E-state index is 10.0. The molecule has 4 nitrogen and oxygen atoms in total. The van der Waals surface area contributed by atoms with E-state index in [1.54, 1.807) is 19.5 Å². The Morgan fingerprint density at radius 3 is 3.18 bits per heavy atom. The second-order valence-corrected chi connectivity index (χ2v) is 4.39. The predicted octanol–water partition coefficient (Wildman–Crippen LogP) is 2.08. The molecule has 1 aliphatic rings. The minimum atomic E-state index is -0.484. The summed E-state index contributed by atoms with van der Waals surface area (Å²) < 4.78 is 10.6. The van der Waals surface area contributed by atoms with E-state index in [-0.39, 0.29) is 0 Å². The van der Waals surface area contributed by atoms with Crippen LogP contribution in [0.3, 0.4) is 0 Å². The van der Waals surface area contributed by atoms with Gasteiger partial charge in [-0.05, 0) is 31.7 Å². The van der Waals surface area contributed by atoms with Gasteiger partial charge in [-0.2, -0.15) is 0 Å². The largest absolute Gasteiger partial charge is 0.495 e. The predicted molar refractivity (Wildman–Crippen MR) is 64.0 cm³/mol. The third-order valence-electron chi connectivity index (χ3n) is 3.14. The van der Waals surface area contributed by atoms with Crippen LogP contribution in [-0.2, 0) is 4.74 Å². The van der Waals surface area contributed by atoms with E-state index in [1.807, 2.05) is 6.07 Å². The minimum absolute atomic E-state index is 0.322. The summed E-state index contributed by atoms with van der Waals surface area (Å²) in [6.45, 7) is 0.863. The Bertz CT molecular complexity index is 350. The Morgan fingerprint density at radius 1 is 1.59 bits per heavy atom. The number of nitrogens with zero attached hydrogens (tertiary/aromatic N) is 1. The van der Waals surface area contributed by atoms with Crippen LogP contribution in [0.2, 0.25) is 0 Å². The first-order chi connectivity index (χ1) is 8.29. The van der Waals surface area contributed by atoms with Gasteiger partial charge in [-0.3, -0.25) is 4.98 Å². The van der Waals surface area contributed by atoms with Gasteiger partial charge in [-0.25, -0.2) is 0 Å². The van der Waals surface area contributed by atoms with Crippen molar-refractivity contribution in [2.45, 2.75) is 37.9 Å². The number of methoxy groups -OCH3 is 1. The monoisotopic (exact) mass is 237 g/mol. The van der Waals surface area contributed by atoms with Crippen LogP contribution in [0.1, 0.15) is 37.4 Å². The van der Waals surface area contributed by atoms with E-state index in [4.69, 9.17) is 9.47 Å². The molecule has 1 fully saturated rings. The highest BCUT2D eigenvalue weighted by Gasteiger charge is 2.18. The van der Waals surface area contributed by atoms with Crippen LogP contribution < -0.4 is 4.74 Å². The number of aromatic nitrogens is 1. The van der Waals surface area contributed by atoms with Gasteiger partial charge >= 0.3 is 0 Å². The molecule has 0 bridgehead atoms. The number of rotatable bonds is 5. The highest BCUT2D eigenvalue weighted by molar-refractivity contribution is 5.24. The van der Waals surface area contributed by atoms with Crippen molar-refractivity contribution in [3.63, 3.8) is 0 Å². The number of aliphatic hydroxyl groups excluding tert-OH is 1. The van der Waals surface area contributed by atoms with E-state index >= 15 is 0 Å². The van der Waals surface area contributed by atoms with Gasteiger partial charge in [0.05, 0.1) is 25.5 Å². The zero-order valence-electron chi connectivity index (χ0n) is 10.1. The summed E-state index contributed by atoms with van der Waals surface area (Å²) in [7, 11) is 1.60. The fourth-order valence-electron chi connectivity index (χ4n) is 2.11. The lowest BCUT2D eigenvalue weighted by molar-refractivity contribution is 0.0811. The summed E-state index contributed by atoms with van der Waals surface area (Å²) in [5, 5.41) is 10.0. The van der Waals surface area contributed by atoms with E-state index < -0.39 is 6.10 Å². The summed E-state index contributed by atoms with van der Waals surface area (Å²) in [4.78, 5) is 4.04. The third-order valence-corrected chi connectivity index (χ3v) is 3.14. The van der Waals surface area contributed by atoms with Gasteiger partial charge in [0.2, 0.25) is 0 Å². The van der Waals surface area contributed by atoms with Gasteiger partial charge in [-0.15, -0.1) is 0 Å². The lowest BCUT2D eigenvalue weighted by Crippen LogP contribution is -2.08. The molecule has 2 rings (SSSR count). The lowest BCUT2D eigenvalue weighted by atomic mass is 10.0. The Morgan fingerprint density at radius 2 is 2.47 bits per heavy atom. The third kappa shape index (κ3) is 3.41. The number of hydrogen-bond acceptors (Lipinski definition) is 4. The molecule has 2 unspecified atom stereocenters. The standard InChI is InChI=1S/C13H19NO3/c1-16-12-7-10(8-14-9-12)13(15)5-4-11-3-2-6-17-11/h7-9,11,13,15H,2-6H2,1H3. The molecule has 1 saturated heterocycles. The van der Waals surface area contributed by atoms with Crippen LogP contribution in [-0.4, -0.2) is 29.9 Å². The van der Waals surface area contributed by atoms with Gasteiger partial charge < -0.3 is 14.6 Å². The molecule has 0 aromatic carbocycles. The first-order valence-corrected chi connectivity index (χ1v) is 6.08. The molecule has 4 heteroatoms. The van der Waals surface area contributed by atoms with Crippen molar-refractivity contribution in [1.82, 2.24) is 4.98 Å². The molecule has 1 aromatic rings. The van der Waals surface area contributed by atoms with E-state index in [1.165, 1.54) is 0 Å². The Labute approximate surface area is 102 Å². The second kappa shape index (κ2) is 5.98. The summed E-state index contributed by atoms with van der Waals surface area (Å²) in [6.07, 6.45) is 7.02. The highest BCUT2D eigenvalue weighted by Crippen LogP contribution is 2.25. The van der Waals surface area contributed by atoms with Crippen molar-refractivity contribution in [1.29, 1.82) is 0 Å². The van der Waals surface area contributed by atoms with Gasteiger partial charge in [-0.1, -0.05) is 0 Å². The van der Waals surface area contributed by atoms with Crippen molar-refractivity contribution in [2.24, 2.45) is 0 Å². The Balaban J connectivity index is 1.87. The van der Waals surface area contributed by atoms with Crippen molar-refractivity contribution < 1.29 is 14.6 Å². The van der Waals surface area contributed by atoms with Crippen LogP contribution in [0, 0.1) is 0 Å². The van der Waals surface area contributed by atoms with Crippen LogP contribution in [0.15, 0.2) is 18.5 Å². The second-order valence-electron chi connectivity index (χ2n) is 4.39. The SMILES string of the molecule is COc1cncc(C(O)CCC2CCCO2)c1. The van der Waals surface area contributed by atoms with Crippen molar-refractivity contribution in [2.75, 3.05) is 13.7 Å². The highest BCUT2D eigenvalue weighted by atomic mass is 16.5. The lowest BCUT2D eigenvalue weighted by Gasteiger charge is -2.14. The van der Waals surface area contributed by atoms with Crippen LogP contribution >= 0.6 is 0 Å². The van der Waals surface area contributed by atoms with E-state index in [0.717, 1.165) is 31.4 Å². The fraction of sp³-hybridized carbons (Fsp3) is 0.615. The smallest absolute Gasteiger partial charge is 0.137 e. The Hall–Kier alpha value is -1.13. The van der Waals surface area contributed by atoms with Gasteiger partial charge in [0.25, 0.3) is 0 Å². The van der Waals surface area contributed by atoms with Gasteiger partial charge in [0.1, 0.15) is 5.75 Å². The molecule has 94 valence electrons. The first kappa shape index (κ1) is 12.3. The van der Waals surface area contributed by atoms with Crippen LogP contribution in [0.5, 0.6) is 5.75 Å². The van der Waals surface area contributed by atoms with Crippen molar-refractivity contribution >= 4 is 0 Å². The number of pyridine rings is 1. The van der Waals surface area contributed by atoms with Crippen molar-refractivity contribution in [3.05, 3.63) is 24.0 Å². The zero-order valence-corrected chi connectivity index (χ0v) is 10.1. The summed E-state index contributed by atoms with van der Waals surface area (Å²) in [5.74, 6) is 0.679. The molecule has 2 heterocycles. The maximum atomic E-state index is 10.0. The van der Waals surface area contributed by atoms with Crippen LogP contribution in [0.4, 0.5) is 0 Å². The fourth-order valence-corrected chi connectivity index (χ4v) is 2.11. The molecule has 1 N–H and O–H groups in total. The molecule has 2 atom stereocenters. The molecule has 17 heavy (non-hydrogen) atoms. The number of ether oxygens (including phenoxy) is 2. The molecule has 0 aliphatic carbocycles. The number of hydrogen-bond donors (Lipinski definition) is 1. The maximum Gasteiger partial charge on any atom is 0.137 e. The van der Waals surface area contributed by atoms with Gasteiger partial charge in [0.15, 0.2) is 0 Å².